The summed E-state index contributed by atoms with van der Waals surface area (Å²) in [6.45, 7) is 0.0424. The van der Waals surface area contributed by atoms with Crippen LogP contribution < -0.4 is 16.1 Å². The van der Waals surface area contributed by atoms with Gasteiger partial charge in [0, 0.05) is 18.4 Å². The van der Waals surface area contributed by atoms with Crippen molar-refractivity contribution in [2.24, 2.45) is 0 Å². The lowest BCUT2D eigenvalue weighted by Gasteiger charge is -2.17. The van der Waals surface area contributed by atoms with Crippen molar-refractivity contribution in [2.75, 3.05) is 18.1 Å². The van der Waals surface area contributed by atoms with Crippen LogP contribution in [-0.2, 0) is 16.0 Å². The van der Waals surface area contributed by atoms with Gasteiger partial charge in [0.2, 0.25) is 0 Å². The molecule has 0 unspecified atom stereocenters. The second-order valence-electron chi connectivity index (χ2n) is 4.99. The Balaban J connectivity index is 1.67. The van der Waals surface area contributed by atoms with Gasteiger partial charge < -0.3 is 14.6 Å². The van der Waals surface area contributed by atoms with Gasteiger partial charge >= 0.3 is 11.7 Å². The number of para-hydroxylation sites is 1. The number of carbonyl (C=O) groups is 2. The van der Waals surface area contributed by atoms with Crippen molar-refractivity contribution in [3.8, 4) is 0 Å². The Morgan fingerprint density at radius 3 is 2.78 bits per heavy atom. The van der Waals surface area contributed by atoms with Crippen molar-refractivity contribution < 1.29 is 14.3 Å². The van der Waals surface area contributed by atoms with Crippen LogP contribution in [0.4, 0.5) is 5.69 Å². The Morgan fingerprint density at radius 2 is 2.00 bits per heavy atom. The number of nitrogens with zero attached hydrogens (tertiary/aromatic N) is 1. The molecule has 1 aliphatic rings. The molecule has 0 atom stereocenters. The van der Waals surface area contributed by atoms with Gasteiger partial charge in [-0.2, -0.15) is 0 Å². The third kappa shape index (κ3) is 2.91. The molecule has 8 nitrogen and oxygen atoms in total. The molecule has 3 rings (SSSR count). The molecule has 0 aliphatic carbocycles. The lowest BCUT2D eigenvalue weighted by molar-refractivity contribution is -0.121. The van der Waals surface area contributed by atoms with E-state index < -0.39 is 23.8 Å². The van der Waals surface area contributed by atoms with Crippen LogP contribution in [0.2, 0.25) is 0 Å². The van der Waals surface area contributed by atoms with E-state index in [9.17, 15) is 19.2 Å². The lowest BCUT2D eigenvalue weighted by atomic mass is 10.2. The molecular weight excluding hydrogens is 302 g/mol. The molecule has 0 saturated carbocycles. The monoisotopic (exact) mass is 315 g/mol. The Bertz CT molecular complexity index is 883. The van der Waals surface area contributed by atoms with Gasteiger partial charge in [0.05, 0.1) is 0 Å². The number of benzene rings is 1. The zero-order valence-electron chi connectivity index (χ0n) is 12.0. The Morgan fingerprint density at radius 1 is 1.22 bits per heavy atom. The molecule has 1 amide bonds. The molecule has 1 aromatic carbocycles. The van der Waals surface area contributed by atoms with E-state index in [0.29, 0.717) is 6.54 Å². The number of aromatic nitrogens is 2. The van der Waals surface area contributed by atoms with Crippen LogP contribution in [0.3, 0.4) is 0 Å². The standard InChI is InChI=1S/C15H13N3O5/c19-12(18-6-5-9-3-1-2-4-11(9)18)8-23-14(21)10-7-16-15(22)17-13(10)20/h1-4,7H,5-6,8H2,(H2,16,17,20,22). The summed E-state index contributed by atoms with van der Waals surface area (Å²) < 4.78 is 4.87. The fourth-order valence-corrected chi connectivity index (χ4v) is 2.44. The van der Waals surface area contributed by atoms with Gasteiger partial charge in [-0.15, -0.1) is 0 Å². The second-order valence-corrected chi connectivity index (χ2v) is 4.99. The van der Waals surface area contributed by atoms with Gasteiger partial charge in [-0.05, 0) is 18.1 Å². The number of nitrogens with one attached hydrogen (secondary N) is 2. The topological polar surface area (TPSA) is 112 Å². The van der Waals surface area contributed by atoms with Crippen LogP contribution in [0, 0.1) is 0 Å². The molecule has 0 fully saturated rings. The predicted molar refractivity (Wildman–Crippen MR) is 80.5 cm³/mol. The van der Waals surface area contributed by atoms with Crippen molar-refractivity contribution in [1.82, 2.24) is 9.97 Å². The number of anilines is 1. The van der Waals surface area contributed by atoms with Crippen LogP contribution in [0.25, 0.3) is 0 Å². The summed E-state index contributed by atoms with van der Waals surface area (Å²) in [4.78, 5) is 52.0. The molecule has 2 heterocycles. The van der Waals surface area contributed by atoms with E-state index in [-0.39, 0.29) is 11.5 Å². The number of hydrogen-bond donors (Lipinski definition) is 2. The molecule has 8 heteroatoms. The third-order valence-electron chi connectivity index (χ3n) is 3.55. The number of rotatable bonds is 3. The molecule has 0 radical (unpaired) electrons. The van der Waals surface area contributed by atoms with E-state index in [1.54, 1.807) is 4.90 Å². The predicted octanol–water partition coefficient (Wildman–Crippen LogP) is -0.191. The number of H-pyrrole nitrogens is 2. The highest BCUT2D eigenvalue weighted by molar-refractivity contribution is 5.98. The molecule has 2 N–H and O–H groups in total. The van der Waals surface area contributed by atoms with Crippen LogP contribution in [0.1, 0.15) is 15.9 Å². The molecule has 2 aromatic rings. The number of fused-ring (bicyclic) bond motifs is 1. The van der Waals surface area contributed by atoms with Crippen molar-refractivity contribution >= 4 is 17.6 Å². The first kappa shape index (κ1) is 14.8. The maximum absolute atomic E-state index is 12.2. The number of amides is 1. The largest absolute Gasteiger partial charge is 0.452 e. The van der Waals surface area contributed by atoms with E-state index >= 15 is 0 Å². The van der Waals surface area contributed by atoms with Gasteiger partial charge in [-0.3, -0.25) is 14.6 Å². The van der Waals surface area contributed by atoms with Crippen LogP contribution in [0.15, 0.2) is 40.1 Å². The first-order chi connectivity index (χ1) is 11.1. The van der Waals surface area contributed by atoms with Gasteiger partial charge in [-0.1, -0.05) is 18.2 Å². The van der Waals surface area contributed by atoms with Crippen molar-refractivity contribution in [1.29, 1.82) is 0 Å². The number of ether oxygens (including phenoxy) is 1. The Labute approximate surface area is 129 Å². The lowest BCUT2D eigenvalue weighted by Crippen LogP contribution is -2.34. The third-order valence-corrected chi connectivity index (χ3v) is 3.55. The minimum Gasteiger partial charge on any atom is -0.452 e. The number of carbonyl (C=O) groups excluding carboxylic acids is 2. The molecule has 118 valence electrons. The summed E-state index contributed by atoms with van der Waals surface area (Å²) >= 11 is 0. The number of aromatic amines is 2. The van der Waals surface area contributed by atoms with E-state index in [4.69, 9.17) is 4.74 Å². The fourth-order valence-electron chi connectivity index (χ4n) is 2.44. The summed E-state index contributed by atoms with van der Waals surface area (Å²) in [5.41, 5.74) is -0.0899. The first-order valence-corrected chi connectivity index (χ1v) is 6.93. The van der Waals surface area contributed by atoms with Crippen LogP contribution >= 0.6 is 0 Å². The fraction of sp³-hybridized carbons (Fsp3) is 0.200. The summed E-state index contributed by atoms with van der Waals surface area (Å²) in [6, 6.07) is 7.49. The van der Waals surface area contributed by atoms with Crippen molar-refractivity contribution in [3.05, 3.63) is 62.4 Å². The molecule has 0 spiro atoms. The maximum atomic E-state index is 12.2. The molecule has 1 aromatic heterocycles. The van der Waals surface area contributed by atoms with Gasteiger partial charge in [0.15, 0.2) is 6.61 Å². The normalized spacial score (nSPS) is 12.8. The smallest absolute Gasteiger partial charge is 0.345 e. The zero-order chi connectivity index (χ0) is 16.4. The first-order valence-electron chi connectivity index (χ1n) is 6.93. The van der Waals surface area contributed by atoms with E-state index in [2.05, 4.69) is 4.98 Å². The summed E-state index contributed by atoms with van der Waals surface area (Å²) in [5, 5.41) is 0. The summed E-state index contributed by atoms with van der Waals surface area (Å²) in [6.07, 6.45) is 1.70. The molecular formula is C15H13N3O5. The summed E-state index contributed by atoms with van der Waals surface area (Å²) in [7, 11) is 0. The van der Waals surface area contributed by atoms with Gasteiger partial charge in [0.25, 0.3) is 11.5 Å². The van der Waals surface area contributed by atoms with Crippen LogP contribution in [-0.4, -0.2) is 35.0 Å². The van der Waals surface area contributed by atoms with Crippen molar-refractivity contribution in [2.45, 2.75) is 6.42 Å². The highest BCUT2D eigenvalue weighted by atomic mass is 16.5. The summed E-state index contributed by atoms with van der Waals surface area (Å²) in [5.74, 6) is -1.34. The quantitative estimate of drug-likeness (QED) is 0.762. The SMILES string of the molecule is O=C(OCC(=O)N1CCc2ccccc21)c1c[nH]c(=O)[nH]c1=O. The Hall–Kier alpha value is -3.16. The minimum atomic E-state index is -0.969. The molecule has 0 bridgehead atoms. The van der Waals surface area contributed by atoms with Crippen molar-refractivity contribution in [3.63, 3.8) is 0 Å². The van der Waals surface area contributed by atoms with Gasteiger partial charge in [-0.25, -0.2) is 9.59 Å². The van der Waals surface area contributed by atoms with E-state index in [0.717, 1.165) is 23.9 Å². The highest BCUT2D eigenvalue weighted by Gasteiger charge is 2.25. The zero-order valence-corrected chi connectivity index (χ0v) is 12.0. The van der Waals surface area contributed by atoms with Gasteiger partial charge in [0.1, 0.15) is 5.56 Å². The van der Waals surface area contributed by atoms with E-state index in [1.165, 1.54) is 0 Å². The second kappa shape index (κ2) is 5.91. The van der Waals surface area contributed by atoms with Crippen LogP contribution in [0.5, 0.6) is 0 Å². The van der Waals surface area contributed by atoms with E-state index in [1.807, 2.05) is 29.2 Å². The molecule has 23 heavy (non-hydrogen) atoms. The molecule has 0 saturated heterocycles. The molecule has 1 aliphatic heterocycles. The minimum absolute atomic E-state index is 0.362. The highest BCUT2D eigenvalue weighted by Crippen LogP contribution is 2.27. The maximum Gasteiger partial charge on any atom is 0.345 e. The Kier molecular flexibility index (Phi) is 3.80. The number of hydrogen-bond acceptors (Lipinski definition) is 5. The average molecular weight is 315 g/mol. The average Bonchev–Trinajstić information content (AvgIpc) is 2.96. The number of esters is 1.